The summed E-state index contributed by atoms with van der Waals surface area (Å²) in [5.74, 6) is -0.654. The molecule has 0 fully saturated rings. The number of benzene rings is 1. The van der Waals surface area contributed by atoms with Crippen molar-refractivity contribution >= 4 is 22.5 Å². The maximum atomic E-state index is 13.9. The van der Waals surface area contributed by atoms with E-state index in [1.54, 1.807) is 45.0 Å². The number of carbonyl (C=O) groups excluding carboxylic acids is 1. The second-order valence-corrected chi connectivity index (χ2v) is 9.89. The second-order valence-electron chi connectivity index (χ2n) is 8.62. The molecule has 2 rings (SSSR count). The molecule has 0 spiro atoms. The molecule has 1 aromatic carbocycles. The Morgan fingerprint density at radius 1 is 1.10 bits per heavy atom. The summed E-state index contributed by atoms with van der Waals surface area (Å²) in [6.45, 7) is 5.57. The van der Waals surface area contributed by atoms with E-state index in [4.69, 9.17) is 0 Å². The van der Waals surface area contributed by atoms with Crippen LogP contribution in [0, 0.1) is 19.8 Å². The average molecular weight is 603 g/mol. The Hall–Kier alpha value is -3.66. The van der Waals surface area contributed by atoms with Crippen LogP contribution in [0.1, 0.15) is 43.1 Å². The van der Waals surface area contributed by atoms with Gasteiger partial charge >= 0.3 is 12.4 Å². The molecule has 1 atom stereocenters. The van der Waals surface area contributed by atoms with Crippen LogP contribution in [0.15, 0.2) is 52.7 Å². The molecular formula is C28H32F6N4O2S. The average Bonchev–Trinajstić information content (AvgIpc) is 2.89. The van der Waals surface area contributed by atoms with Gasteiger partial charge in [0.25, 0.3) is 5.91 Å². The minimum Gasteiger partial charge on any atom is -0.370 e. The van der Waals surface area contributed by atoms with Gasteiger partial charge in [0.15, 0.2) is 0 Å². The fourth-order valence-corrected chi connectivity index (χ4v) is 4.02. The molecule has 2 aromatic rings. The zero-order valence-corrected chi connectivity index (χ0v) is 24.1. The Morgan fingerprint density at radius 2 is 1.71 bits per heavy atom. The molecule has 0 bridgehead atoms. The van der Waals surface area contributed by atoms with Crippen molar-refractivity contribution in [3.63, 3.8) is 0 Å². The van der Waals surface area contributed by atoms with Crippen LogP contribution in [0.5, 0.6) is 0 Å². The van der Waals surface area contributed by atoms with Crippen molar-refractivity contribution in [3.8, 4) is 24.1 Å². The number of halogens is 6. The van der Waals surface area contributed by atoms with Crippen molar-refractivity contribution in [2.75, 3.05) is 31.2 Å². The predicted octanol–water partition coefficient (Wildman–Crippen LogP) is 6.72. The second kappa shape index (κ2) is 15.4. The molecule has 6 nitrogen and oxygen atoms in total. The van der Waals surface area contributed by atoms with Gasteiger partial charge in [0, 0.05) is 37.0 Å². The summed E-state index contributed by atoms with van der Waals surface area (Å²) >= 11 is 0. The number of aryl methyl sites for hydroxylation is 1. The van der Waals surface area contributed by atoms with Crippen LogP contribution in [0.3, 0.4) is 0 Å². The number of nitrogens with one attached hydrogen (secondary N) is 1. The van der Waals surface area contributed by atoms with Gasteiger partial charge in [-0.2, -0.15) is 26.3 Å². The standard InChI is InChI=1S/C26H30F6N4O2S.C2H2/c1-6-33-22-20(21(34-24(35-22)39(5)38)19-11-9-8-10-16(19)3)23(37)36(7-2)15-18(12-13-25(27,28)29)14-17(4)26(30,31)32;1-2/h8-12,14H,6-7,13,15H2,1-5H3,(H,33,34,35);1-2H/b17-14+,18-12+;. The number of likely N-dealkylation sites (N-methyl/N-ethyl adjacent to an activating group) is 1. The van der Waals surface area contributed by atoms with Gasteiger partial charge < -0.3 is 10.2 Å². The van der Waals surface area contributed by atoms with Crippen molar-refractivity contribution < 1.29 is 35.3 Å². The lowest BCUT2D eigenvalue weighted by molar-refractivity contribution is -0.125. The number of hydrogen-bond acceptors (Lipinski definition) is 5. The van der Waals surface area contributed by atoms with Gasteiger partial charge in [-0.3, -0.25) is 9.00 Å². The van der Waals surface area contributed by atoms with E-state index in [1.807, 2.05) is 0 Å². The summed E-state index contributed by atoms with van der Waals surface area (Å²) in [4.78, 5) is 23.7. The number of nitrogens with zero attached hydrogens (tertiary/aromatic N) is 3. The molecule has 1 heterocycles. The lowest BCUT2D eigenvalue weighted by Gasteiger charge is -2.25. The third kappa shape index (κ3) is 10.4. The Morgan fingerprint density at radius 3 is 2.20 bits per heavy atom. The van der Waals surface area contributed by atoms with E-state index in [0.717, 1.165) is 17.4 Å². The van der Waals surface area contributed by atoms with Gasteiger partial charge in [0.1, 0.15) is 11.4 Å². The topological polar surface area (TPSA) is 75.2 Å². The molecule has 0 saturated heterocycles. The summed E-state index contributed by atoms with van der Waals surface area (Å²) in [5, 5.41) is 2.91. The Labute approximate surface area is 238 Å². The smallest absolute Gasteiger partial charge is 0.370 e. The van der Waals surface area contributed by atoms with Crippen LogP contribution in [0.2, 0.25) is 0 Å². The van der Waals surface area contributed by atoms with Crippen LogP contribution in [0.4, 0.5) is 32.2 Å². The van der Waals surface area contributed by atoms with Gasteiger partial charge in [-0.1, -0.05) is 30.3 Å². The third-order valence-electron chi connectivity index (χ3n) is 5.59. The molecule has 224 valence electrons. The van der Waals surface area contributed by atoms with Crippen LogP contribution in [0.25, 0.3) is 11.3 Å². The number of terminal acetylenes is 1. The first-order valence-electron chi connectivity index (χ1n) is 12.3. The van der Waals surface area contributed by atoms with Crippen molar-refractivity contribution in [1.29, 1.82) is 0 Å². The zero-order valence-electron chi connectivity index (χ0n) is 23.3. The summed E-state index contributed by atoms with van der Waals surface area (Å²) in [7, 11) is -1.62. The van der Waals surface area contributed by atoms with E-state index >= 15 is 0 Å². The first kappa shape index (κ1) is 35.4. The first-order valence-corrected chi connectivity index (χ1v) is 13.8. The fourth-order valence-electron chi connectivity index (χ4n) is 3.58. The molecule has 0 radical (unpaired) electrons. The van der Waals surface area contributed by atoms with Crippen molar-refractivity contribution in [3.05, 3.63) is 58.7 Å². The monoisotopic (exact) mass is 602 g/mol. The minimum atomic E-state index is -4.76. The molecule has 0 aliphatic heterocycles. The molecule has 0 aliphatic rings. The molecule has 0 saturated carbocycles. The van der Waals surface area contributed by atoms with Crippen molar-refractivity contribution in [1.82, 2.24) is 14.9 Å². The molecule has 0 aliphatic carbocycles. The number of hydrogen-bond donors (Lipinski definition) is 1. The quantitative estimate of drug-likeness (QED) is 0.142. The third-order valence-corrected chi connectivity index (χ3v) is 6.29. The van der Waals surface area contributed by atoms with Crippen LogP contribution in [-0.2, 0) is 10.8 Å². The minimum absolute atomic E-state index is 0.0334. The van der Waals surface area contributed by atoms with E-state index in [-0.39, 0.29) is 34.3 Å². The molecule has 1 amide bonds. The molecule has 1 aromatic heterocycles. The number of aromatic nitrogens is 2. The summed E-state index contributed by atoms with van der Waals surface area (Å²) in [6, 6.07) is 6.97. The van der Waals surface area contributed by atoms with E-state index in [2.05, 4.69) is 28.1 Å². The van der Waals surface area contributed by atoms with Crippen LogP contribution in [-0.4, -0.2) is 63.2 Å². The summed E-state index contributed by atoms with van der Waals surface area (Å²) in [5.41, 5.74) is -0.0493. The highest BCUT2D eigenvalue weighted by molar-refractivity contribution is 7.84. The lowest BCUT2D eigenvalue weighted by Crippen LogP contribution is -2.34. The highest BCUT2D eigenvalue weighted by Crippen LogP contribution is 2.32. The fraction of sp³-hybridized carbons (Fsp3) is 0.393. The van der Waals surface area contributed by atoms with Crippen LogP contribution >= 0.6 is 0 Å². The van der Waals surface area contributed by atoms with Crippen molar-refractivity contribution in [2.45, 2.75) is 51.6 Å². The number of alkyl halides is 6. The van der Waals surface area contributed by atoms with Crippen LogP contribution < -0.4 is 5.32 Å². The SMILES string of the molecule is C#C.CCNc1nc(S(C)=O)nc(-c2ccccc2C)c1C(=O)N(CC)CC(=C/CC(F)(F)F)/C=C(\C)C(F)(F)F. The highest BCUT2D eigenvalue weighted by Gasteiger charge is 2.32. The highest BCUT2D eigenvalue weighted by atomic mass is 32.2. The predicted molar refractivity (Wildman–Crippen MR) is 149 cm³/mol. The van der Waals surface area contributed by atoms with Gasteiger partial charge in [-0.25, -0.2) is 9.97 Å². The Bertz CT molecular complexity index is 1320. The van der Waals surface area contributed by atoms with Gasteiger partial charge in [0.2, 0.25) is 5.16 Å². The Balaban J connectivity index is 0.00000411. The zero-order chi connectivity index (χ0) is 31.5. The number of allylic oxidation sites excluding steroid dienone is 2. The molecule has 1 N–H and O–H groups in total. The summed E-state index contributed by atoms with van der Waals surface area (Å²) in [6.07, 6.45) is -0.254. The number of carbonyl (C=O) groups is 1. The number of rotatable bonds is 10. The van der Waals surface area contributed by atoms with E-state index in [1.165, 1.54) is 6.26 Å². The maximum Gasteiger partial charge on any atom is 0.412 e. The molecule has 41 heavy (non-hydrogen) atoms. The number of anilines is 1. The van der Waals surface area contributed by atoms with Gasteiger partial charge in [-0.05, 0) is 44.9 Å². The number of amides is 1. The largest absolute Gasteiger partial charge is 0.412 e. The van der Waals surface area contributed by atoms with Gasteiger partial charge in [0.05, 0.1) is 22.9 Å². The molecule has 13 heteroatoms. The summed E-state index contributed by atoms with van der Waals surface area (Å²) < 4.78 is 90.7. The molecule has 1 unspecified atom stereocenters. The maximum absolute atomic E-state index is 13.9. The van der Waals surface area contributed by atoms with E-state index in [0.29, 0.717) is 24.3 Å². The van der Waals surface area contributed by atoms with Crippen molar-refractivity contribution in [2.24, 2.45) is 0 Å². The lowest BCUT2D eigenvalue weighted by atomic mass is 10.00. The normalized spacial score (nSPS) is 13.2. The Kier molecular flexibility index (Phi) is 13.3. The first-order chi connectivity index (χ1) is 19.1. The van der Waals surface area contributed by atoms with E-state index < -0.39 is 47.6 Å². The van der Waals surface area contributed by atoms with Gasteiger partial charge in [-0.15, -0.1) is 12.8 Å². The molecular weight excluding hydrogens is 570 g/mol. The van der Waals surface area contributed by atoms with E-state index in [9.17, 15) is 35.3 Å².